The summed E-state index contributed by atoms with van der Waals surface area (Å²) < 4.78 is 0. The summed E-state index contributed by atoms with van der Waals surface area (Å²) in [6.45, 7) is 4.06. The van der Waals surface area contributed by atoms with Crippen LogP contribution in [-0.2, 0) is 4.79 Å². The molecule has 1 aliphatic heterocycles. The van der Waals surface area contributed by atoms with Crippen LogP contribution in [0.15, 0.2) is 0 Å². The molecule has 1 saturated heterocycles. The van der Waals surface area contributed by atoms with E-state index in [2.05, 4.69) is 17.6 Å². The molecule has 1 atom stereocenters. The van der Waals surface area contributed by atoms with Crippen molar-refractivity contribution in [1.82, 2.24) is 10.6 Å². The largest absolute Gasteiger partial charge is 0.354 e. The van der Waals surface area contributed by atoms with Gasteiger partial charge in [-0.1, -0.05) is 13.3 Å². The van der Waals surface area contributed by atoms with Gasteiger partial charge in [-0.25, -0.2) is 0 Å². The summed E-state index contributed by atoms with van der Waals surface area (Å²) >= 11 is 0. The van der Waals surface area contributed by atoms with Crippen LogP contribution in [0, 0.1) is 5.41 Å². The molecule has 1 aliphatic carbocycles. The van der Waals surface area contributed by atoms with Crippen molar-refractivity contribution < 1.29 is 4.79 Å². The first kappa shape index (κ1) is 13.8. The minimum atomic E-state index is -0.00138. The van der Waals surface area contributed by atoms with E-state index in [1.807, 2.05) is 0 Å². The van der Waals surface area contributed by atoms with Crippen molar-refractivity contribution in [2.45, 2.75) is 51.5 Å². The lowest BCUT2D eigenvalue weighted by atomic mass is 9.66. The summed E-state index contributed by atoms with van der Waals surface area (Å²) in [5.74, 6) is 0.296. The maximum absolute atomic E-state index is 12.0. The molecule has 2 aliphatic rings. The standard InChI is InChI=1S/C12H22N2O.ClH/c1-2-12(6-4-7-12)11(15)14-9-10-5-3-8-13-10;/h10,13H,2-9H2,1H3,(H,14,15);1H. The van der Waals surface area contributed by atoms with E-state index in [0.717, 1.165) is 32.4 Å². The van der Waals surface area contributed by atoms with Gasteiger partial charge in [0, 0.05) is 18.0 Å². The monoisotopic (exact) mass is 246 g/mol. The zero-order valence-corrected chi connectivity index (χ0v) is 10.9. The summed E-state index contributed by atoms with van der Waals surface area (Å²) in [4.78, 5) is 12.0. The third kappa shape index (κ3) is 2.69. The Morgan fingerprint density at radius 1 is 1.44 bits per heavy atom. The van der Waals surface area contributed by atoms with Crippen molar-refractivity contribution in [2.24, 2.45) is 5.41 Å². The van der Waals surface area contributed by atoms with Gasteiger partial charge in [-0.05, 0) is 38.6 Å². The molecule has 2 rings (SSSR count). The normalized spacial score (nSPS) is 26.7. The van der Waals surface area contributed by atoms with Crippen LogP contribution in [0.2, 0.25) is 0 Å². The van der Waals surface area contributed by atoms with E-state index in [1.54, 1.807) is 0 Å². The molecule has 2 fully saturated rings. The summed E-state index contributed by atoms with van der Waals surface area (Å²) in [6.07, 6.45) is 6.86. The Morgan fingerprint density at radius 3 is 2.62 bits per heavy atom. The Kier molecular flexibility index (Phi) is 5.06. The quantitative estimate of drug-likeness (QED) is 0.795. The van der Waals surface area contributed by atoms with E-state index >= 15 is 0 Å². The Morgan fingerprint density at radius 2 is 2.19 bits per heavy atom. The average Bonchev–Trinajstić information content (AvgIpc) is 2.66. The minimum Gasteiger partial charge on any atom is -0.354 e. The Balaban J connectivity index is 0.00000128. The van der Waals surface area contributed by atoms with E-state index in [9.17, 15) is 4.79 Å². The molecule has 0 radical (unpaired) electrons. The number of carbonyl (C=O) groups is 1. The van der Waals surface area contributed by atoms with Gasteiger partial charge in [-0.15, -0.1) is 12.4 Å². The lowest BCUT2D eigenvalue weighted by molar-refractivity contribution is -0.136. The molecule has 3 nitrogen and oxygen atoms in total. The number of halogens is 1. The predicted molar refractivity (Wildman–Crippen MR) is 67.9 cm³/mol. The Hall–Kier alpha value is -0.280. The van der Waals surface area contributed by atoms with Gasteiger partial charge in [0.2, 0.25) is 5.91 Å². The Bertz CT molecular complexity index is 230. The van der Waals surface area contributed by atoms with Crippen LogP contribution in [0.1, 0.15) is 45.4 Å². The highest BCUT2D eigenvalue weighted by atomic mass is 35.5. The summed E-state index contributed by atoms with van der Waals surface area (Å²) in [7, 11) is 0. The van der Waals surface area contributed by atoms with Gasteiger partial charge in [0.15, 0.2) is 0 Å². The molecular formula is C12H23ClN2O. The molecular weight excluding hydrogens is 224 g/mol. The van der Waals surface area contributed by atoms with Crippen molar-refractivity contribution in [2.75, 3.05) is 13.1 Å². The highest BCUT2D eigenvalue weighted by molar-refractivity contribution is 5.85. The molecule has 0 bridgehead atoms. The zero-order chi connectivity index (χ0) is 10.7. The minimum absolute atomic E-state index is 0. The van der Waals surface area contributed by atoms with Crippen molar-refractivity contribution in [1.29, 1.82) is 0 Å². The van der Waals surface area contributed by atoms with Crippen LogP contribution in [0.4, 0.5) is 0 Å². The first-order chi connectivity index (χ1) is 7.27. The van der Waals surface area contributed by atoms with Crippen LogP contribution in [0.5, 0.6) is 0 Å². The smallest absolute Gasteiger partial charge is 0.226 e. The molecule has 0 spiro atoms. The topological polar surface area (TPSA) is 41.1 Å². The van der Waals surface area contributed by atoms with Gasteiger partial charge >= 0.3 is 0 Å². The van der Waals surface area contributed by atoms with Gasteiger partial charge in [0.1, 0.15) is 0 Å². The summed E-state index contributed by atoms with van der Waals surface area (Å²) in [5.41, 5.74) is -0.00138. The maximum atomic E-state index is 12.0. The fraction of sp³-hybridized carbons (Fsp3) is 0.917. The first-order valence-corrected chi connectivity index (χ1v) is 6.28. The molecule has 4 heteroatoms. The molecule has 1 amide bonds. The molecule has 1 heterocycles. The highest BCUT2D eigenvalue weighted by Gasteiger charge is 2.42. The van der Waals surface area contributed by atoms with Crippen molar-refractivity contribution in [3.05, 3.63) is 0 Å². The molecule has 16 heavy (non-hydrogen) atoms. The SMILES string of the molecule is CCC1(C(=O)NCC2CCCN2)CCC1.Cl. The molecule has 0 aromatic rings. The third-order valence-electron chi connectivity index (χ3n) is 4.14. The summed E-state index contributed by atoms with van der Waals surface area (Å²) in [5, 5.41) is 6.52. The van der Waals surface area contributed by atoms with Gasteiger partial charge in [0.25, 0.3) is 0 Å². The van der Waals surface area contributed by atoms with E-state index < -0.39 is 0 Å². The van der Waals surface area contributed by atoms with E-state index in [0.29, 0.717) is 11.9 Å². The first-order valence-electron chi connectivity index (χ1n) is 6.28. The van der Waals surface area contributed by atoms with Crippen LogP contribution in [0.3, 0.4) is 0 Å². The average molecular weight is 247 g/mol. The molecule has 1 unspecified atom stereocenters. The van der Waals surface area contributed by atoms with Crippen LogP contribution in [-0.4, -0.2) is 25.0 Å². The van der Waals surface area contributed by atoms with Crippen LogP contribution < -0.4 is 10.6 Å². The number of nitrogens with one attached hydrogen (secondary N) is 2. The lowest BCUT2D eigenvalue weighted by Gasteiger charge is -2.39. The van der Waals surface area contributed by atoms with Gasteiger partial charge in [0.05, 0.1) is 0 Å². The van der Waals surface area contributed by atoms with E-state index in [4.69, 9.17) is 0 Å². The second-order valence-corrected chi connectivity index (χ2v) is 4.99. The third-order valence-corrected chi connectivity index (χ3v) is 4.14. The van der Waals surface area contributed by atoms with Crippen LogP contribution in [0.25, 0.3) is 0 Å². The fourth-order valence-corrected chi connectivity index (χ4v) is 2.68. The number of amides is 1. The zero-order valence-electron chi connectivity index (χ0n) is 10.1. The van der Waals surface area contributed by atoms with Gasteiger partial charge < -0.3 is 10.6 Å². The maximum Gasteiger partial charge on any atom is 0.226 e. The van der Waals surface area contributed by atoms with Crippen molar-refractivity contribution >= 4 is 18.3 Å². The number of carbonyl (C=O) groups excluding carboxylic acids is 1. The Labute approximate surface area is 104 Å². The molecule has 94 valence electrons. The number of hydrogen-bond donors (Lipinski definition) is 2. The van der Waals surface area contributed by atoms with Crippen LogP contribution >= 0.6 is 12.4 Å². The summed E-state index contributed by atoms with van der Waals surface area (Å²) in [6, 6.07) is 0.517. The highest BCUT2D eigenvalue weighted by Crippen LogP contribution is 2.43. The van der Waals surface area contributed by atoms with Crippen molar-refractivity contribution in [3.8, 4) is 0 Å². The lowest BCUT2D eigenvalue weighted by Crippen LogP contribution is -2.48. The number of rotatable bonds is 4. The van der Waals surface area contributed by atoms with Gasteiger partial charge in [-0.2, -0.15) is 0 Å². The second-order valence-electron chi connectivity index (χ2n) is 4.99. The fourth-order valence-electron chi connectivity index (χ4n) is 2.68. The molecule has 0 aromatic carbocycles. The van der Waals surface area contributed by atoms with Crippen molar-refractivity contribution in [3.63, 3.8) is 0 Å². The molecule has 1 saturated carbocycles. The molecule has 2 N–H and O–H groups in total. The molecule has 0 aromatic heterocycles. The predicted octanol–water partition coefficient (Wildman–Crippen LogP) is 1.86. The second kappa shape index (κ2) is 5.87. The van der Waals surface area contributed by atoms with E-state index in [-0.39, 0.29) is 17.8 Å². The van der Waals surface area contributed by atoms with E-state index in [1.165, 1.54) is 19.3 Å². The van der Waals surface area contributed by atoms with Gasteiger partial charge in [-0.3, -0.25) is 4.79 Å². The number of hydrogen-bond acceptors (Lipinski definition) is 2.